The maximum absolute atomic E-state index is 11.5. The lowest BCUT2D eigenvalue weighted by Gasteiger charge is -2.11. The zero-order valence-electron chi connectivity index (χ0n) is 9.52. The van der Waals surface area contributed by atoms with Crippen molar-refractivity contribution in [3.63, 3.8) is 0 Å². The number of aromatic nitrogens is 3. The third-order valence-electron chi connectivity index (χ3n) is 2.12. The lowest BCUT2D eigenvalue weighted by atomic mass is 10.3. The predicted molar refractivity (Wildman–Crippen MR) is 57.8 cm³/mol. The van der Waals surface area contributed by atoms with E-state index in [1.807, 2.05) is 0 Å². The van der Waals surface area contributed by atoms with Gasteiger partial charge in [-0.2, -0.15) is 5.10 Å². The number of methoxy groups -OCH3 is 1. The molecule has 7 nitrogen and oxygen atoms in total. The molecule has 1 unspecified atom stereocenters. The van der Waals surface area contributed by atoms with Gasteiger partial charge in [0.25, 0.3) is 5.91 Å². The van der Waals surface area contributed by atoms with Crippen LogP contribution in [0.2, 0.25) is 0 Å². The first kappa shape index (κ1) is 12.5. The molecule has 88 valence electrons. The molecule has 16 heavy (non-hydrogen) atoms. The Labute approximate surface area is 93.4 Å². The highest BCUT2D eigenvalue weighted by Gasteiger charge is 2.17. The van der Waals surface area contributed by atoms with Crippen molar-refractivity contribution in [3.05, 3.63) is 11.4 Å². The van der Waals surface area contributed by atoms with Gasteiger partial charge in [0.2, 0.25) is 5.95 Å². The molecule has 1 atom stereocenters. The Bertz CT molecular complexity index is 378. The van der Waals surface area contributed by atoms with Crippen LogP contribution in [-0.4, -0.2) is 40.8 Å². The zero-order valence-corrected chi connectivity index (χ0v) is 9.52. The zero-order chi connectivity index (χ0) is 12.1. The second kappa shape index (κ2) is 5.47. The van der Waals surface area contributed by atoms with E-state index in [0.717, 1.165) is 5.69 Å². The molecule has 1 rings (SSSR count). The van der Waals surface area contributed by atoms with Gasteiger partial charge in [-0.25, -0.2) is 4.98 Å². The minimum atomic E-state index is -0.704. The lowest BCUT2D eigenvalue weighted by molar-refractivity contribution is -0.125. The Kier molecular flexibility index (Phi) is 4.27. The van der Waals surface area contributed by atoms with Crippen LogP contribution in [0.1, 0.15) is 11.4 Å². The smallest absolute Gasteiger partial charge is 0.257 e. The van der Waals surface area contributed by atoms with Gasteiger partial charge in [-0.1, -0.05) is 0 Å². The Morgan fingerprint density at radius 3 is 2.62 bits per heavy atom. The highest BCUT2D eigenvalue weighted by molar-refractivity contribution is 5.92. The number of hydrogen-bond acceptors (Lipinski definition) is 6. The van der Waals surface area contributed by atoms with Crippen molar-refractivity contribution in [1.29, 1.82) is 0 Å². The number of amides is 1. The van der Waals surface area contributed by atoms with Crippen LogP contribution >= 0.6 is 0 Å². The van der Waals surface area contributed by atoms with Gasteiger partial charge in [0, 0.05) is 13.7 Å². The molecule has 1 aromatic rings. The second-order valence-corrected chi connectivity index (χ2v) is 3.26. The minimum Gasteiger partial charge on any atom is -0.370 e. The third kappa shape index (κ3) is 2.94. The van der Waals surface area contributed by atoms with Crippen molar-refractivity contribution in [3.8, 4) is 0 Å². The SMILES string of the molecule is COC(CN)C(=O)Nc1nnc(C)c(C)n1. The van der Waals surface area contributed by atoms with E-state index in [0.29, 0.717) is 5.69 Å². The van der Waals surface area contributed by atoms with E-state index in [1.165, 1.54) is 7.11 Å². The standard InChI is InChI=1S/C9H15N5O2/c1-5-6(2)13-14-9(11-5)12-8(15)7(4-10)16-3/h7H,4,10H2,1-3H3,(H,11,12,14,15). The maximum atomic E-state index is 11.5. The first-order chi connectivity index (χ1) is 7.58. The van der Waals surface area contributed by atoms with E-state index in [1.54, 1.807) is 13.8 Å². The molecule has 7 heteroatoms. The van der Waals surface area contributed by atoms with Crippen LogP contribution in [0.25, 0.3) is 0 Å². The number of rotatable bonds is 4. The average molecular weight is 225 g/mol. The van der Waals surface area contributed by atoms with Crippen LogP contribution in [0, 0.1) is 13.8 Å². The largest absolute Gasteiger partial charge is 0.370 e. The Morgan fingerprint density at radius 1 is 1.44 bits per heavy atom. The molecule has 0 bridgehead atoms. The topological polar surface area (TPSA) is 103 Å². The number of carbonyl (C=O) groups excluding carboxylic acids is 1. The molecule has 1 aromatic heterocycles. The molecule has 0 aliphatic carbocycles. The molecule has 0 saturated heterocycles. The molecule has 3 N–H and O–H groups in total. The van der Waals surface area contributed by atoms with E-state index >= 15 is 0 Å². The quantitative estimate of drug-likeness (QED) is 0.709. The monoisotopic (exact) mass is 225 g/mol. The maximum Gasteiger partial charge on any atom is 0.257 e. The fraction of sp³-hybridized carbons (Fsp3) is 0.556. The van der Waals surface area contributed by atoms with Crippen molar-refractivity contribution >= 4 is 11.9 Å². The van der Waals surface area contributed by atoms with Gasteiger partial charge in [-0.15, -0.1) is 5.10 Å². The molecular weight excluding hydrogens is 210 g/mol. The van der Waals surface area contributed by atoms with Gasteiger partial charge in [0.15, 0.2) is 0 Å². The highest BCUT2D eigenvalue weighted by Crippen LogP contribution is 2.02. The Morgan fingerprint density at radius 2 is 2.12 bits per heavy atom. The third-order valence-corrected chi connectivity index (χ3v) is 2.12. The molecule has 0 aliphatic heterocycles. The summed E-state index contributed by atoms with van der Waals surface area (Å²) in [6.07, 6.45) is -0.704. The van der Waals surface area contributed by atoms with Crippen molar-refractivity contribution in [2.24, 2.45) is 5.73 Å². The van der Waals surface area contributed by atoms with E-state index in [2.05, 4.69) is 20.5 Å². The van der Waals surface area contributed by atoms with E-state index < -0.39 is 6.10 Å². The van der Waals surface area contributed by atoms with Crippen LogP contribution in [0.15, 0.2) is 0 Å². The molecule has 0 aliphatic rings. The van der Waals surface area contributed by atoms with Crippen LogP contribution in [0.4, 0.5) is 5.95 Å². The number of hydrogen-bond donors (Lipinski definition) is 2. The van der Waals surface area contributed by atoms with Gasteiger partial charge in [0.05, 0.1) is 11.4 Å². The number of nitrogens with one attached hydrogen (secondary N) is 1. The molecule has 0 aromatic carbocycles. The number of anilines is 1. The average Bonchev–Trinajstić information content (AvgIpc) is 2.25. The van der Waals surface area contributed by atoms with Crippen LogP contribution < -0.4 is 11.1 Å². The first-order valence-corrected chi connectivity index (χ1v) is 4.80. The summed E-state index contributed by atoms with van der Waals surface area (Å²) in [5.74, 6) is -0.223. The van der Waals surface area contributed by atoms with Gasteiger partial charge < -0.3 is 10.5 Å². The normalized spacial score (nSPS) is 12.2. The molecule has 0 radical (unpaired) electrons. The van der Waals surface area contributed by atoms with E-state index in [9.17, 15) is 4.79 Å². The highest BCUT2D eigenvalue weighted by atomic mass is 16.5. The van der Waals surface area contributed by atoms with Crippen LogP contribution in [0.3, 0.4) is 0 Å². The summed E-state index contributed by atoms with van der Waals surface area (Å²) in [6.45, 7) is 3.68. The number of carbonyl (C=O) groups is 1. The van der Waals surface area contributed by atoms with Crippen molar-refractivity contribution in [1.82, 2.24) is 15.2 Å². The minimum absolute atomic E-state index is 0.0978. The van der Waals surface area contributed by atoms with Gasteiger partial charge in [-0.3, -0.25) is 10.1 Å². The van der Waals surface area contributed by atoms with Crippen molar-refractivity contribution in [2.75, 3.05) is 19.0 Å². The molecule has 1 heterocycles. The summed E-state index contributed by atoms with van der Waals surface area (Å²) in [5.41, 5.74) is 6.79. The molecule has 0 spiro atoms. The first-order valence-electron chi connectivity index (χ1n) is 4.80. The lowest BCUT2D eigenvalue weighted by Crippen LogP contribution is -2.36. The molecular formula is C9H15N5O2. The Balaban J connectivity index is 2.73. The molecule has 0 fully saturated rings. The number of nitrogens with zero attached hydrogens (tertiary/aromatic N) is 3. The van der Waals surface area contributed by atoms with Crippen molar-refractivity contribution in [2.45, 2.75) is 20.0 Å². The second-order valence-electron chi connectivity index (χ2n) is 3.26. The fourth-order valence-corrected chi connectivity index (χ4v) is 1.01. The van der Waals surface area contributed by atoms with E-state index in [-0.39, 0.29) is 18.4 Å². The van der Waals surface area contributed by atoms with Crippen LogP contribution in [0.5, 0.6) is 0 Å². The fourth-order valence-electron chi connectivity index (χ4n) is 1.01. The predicted octanol–water partition coefficient (Wildman–Crippen LogP) is -0.599. The molecule has 1 amide bonds. The van der Waals surface area contributed by atoms with Crippen molar-refractivity contribution < 1.29 is 9.53 Å². The number of ether oxygens (including phenoxy) is 1. The van der Waals surface area contributed by atoms with Gasteiger partial charge in [-0.05, 0) is 13.8 Å². The van der Waals surface area contributed by atoms with Gasteiger partial charge in [0.1, 0.15) is 6.10 Å². The summed E-state index contributed by atoms with van der Waals surface area (Å²) in [5, 5.41) is 10.1. The number of aryl methyl sites for hydroxylation is 2. The summed E-state index contributed by atoms with van der Waals surface area (Å²) in [6, 6.07) is 0. The Hall–Kier alpha value is -1.60. The summed E-state index contributed by atoms with van der Waals surface area (Å²) in [7, 11) is 1.41. The van der Waals surface area contributed by atoms with Gasteiger partial charge >= 0.3 is 0 Å². The summed E-state index contributed by atoms with van der Waals surface area (Å²) >= 11 is 0. The van der Waals surface area contributed by atoms with E-state index in [4.69, 9.17) is 10.5 Å². The molecule has 0 saturated carbocycles. The summed E-state index contributed by atoms with van der Waals surface area (Å²) < 4.78 is 4.87. The number of nitrogens with two attached hydrogens (primary N) is 1. The summed E-state index contributed by atoms with van der Waals surface area (Å²) in [4.78, 5) is 15.6. The van der Waals surface area contributed by atoms with Crippen LogP contribution in [-0.2, 0) is 9.53 Å².